The Morgan fingerprint density at radius 1 is 1.41 bits per heavy atom. The van der Waals surface area contributed by atoms with Gasteiger partial charge in [0.1, 0.15) is 5.75 Å². The highest BCUT2D eigenvalue weighted by molar-refractivity contribution is 7.09. The standard InChI is InChI=1S/C11H12N4OS/c12-10-14-11(17-15-10)13-8-5-6-16-9-4-2-1-3-7(8)9/h1-4,8H,5-6H2,(H3,12,13,14,15). The average Bonchev–Trinajstić information content (AvgIpc) is 2.75. The Morgan fingerprint density at radius 3 is 3.12 bits per heavy atom. The van der Waals surface area contributed by atoms with E-state index in [1.54, 1.807) is 0 Å². The van der Waals surface area contributed by atoms with Crippen LogP contribution in [0.25, 0.3) is 0 Å². The van der Waals surface area contributed by atoms with Crippen molar-refractivity contribution in [3.63, 3.8) is 0 Å². The summed E-state index contributed by atoms with van der Waals surface area (Å²) in [6.45, 7) is 0.711. The van der Waals surface area contributed by atoms with Gasteiger partial charge in [0.05, 0.1) is 12.6 Å². The van der Waals surface area contributed by atoms with Gasteiger partial charge in [-0.05, 0) is 6.07 Å². The number of rotatable bonds is 2. The van der Waals surface area contributed by atoms with E-state index in [9.17, 15) is 0 Å². The second-order valence-electron chi connectivity index (χ2n) is 3.83. The van der Waals surface area contributed by atoms with Gasteiger partial charge in [-0.25, -0.2) is 0 Å². The van der Waals surface area contributed by atoms with E-state index >= 15 is 0 Å². The number of hydrogen-bond acceptors (Lipinski definition) is 6. The van der Waals surface area contributed by atoms with Gasteiger partial charge in [-0.1, -0.05) is 18.2 Å². The highest BCUT2D eigenvalue weighted by atomic mass is 32.1. The number of nitrogens with zero attached hydrogens (tertiary/aromatic N) is 2. The van der Waals surface area contributed by atoms with Gasteiger partial charge < -0.3 is 15.8 Å². The number of ether oxygens (including phenoxy) is 1. The van der Waals surface area contributed by atoms with Gasteiger partial charge in [-0.15, -0.1) is 0 Å². The molecule has 1 aromatic carbocycles. The van der Waals surface area contributed by atoms with Crippen LogP contribution < -0.4 is 15.8 Å². The zero-order valence-electron chi connectivity index (χ0n) is 9.09. The lowest BCUT2D eigenvalue weighted by Crippen LogP contribution is -2.20. The van der Waals surface area contributed by atoms with Crippen LogP contribution >= 0.6 is 11.5 Å². The largest absolute Gasteiger partial charge is 0.493 e. The molecule has 0 radical (unpaired) electrons. The Bertz CT molecular complexity index is 528. The summed E-state index contributed by atoms with van der Waals surface area (Å²) in [4.78, 5) is 4.11. The topological polar surface area (TPSA) is 73.1 Å². The SMILES string of the molecule is Nc1nsc(NC2CCOc3ccccc32)n1. The fourth-order valence-electron chi connectivity index (χ4n) is 1.93. The summed E-state index contributed by atoms with van der Waals surface area (Å²) in [5, 5.41) is 4.10. The van der Waals surface area contributed by atoms with E-state index < -0.39 is 0 Å². The van der Waals surface area contributed by atoms with Crippen LogP contribution in [0.5, 0.6) is 5.75 Å². The van der Waals surface area contributed by atoms with Gasteiger partial charge in [-0.3, -0.25) is 0 Å². The molecule has 1 aromatic heterocycles. The van der Waals surface area contributed by atoms with Gasteiger partial charge in [0.25, 0.3) is 0 Å². The second-order valence-corrected chi connectivity index (χ2v) is 4.58. The van der Waals surface area contributed by atoms with Crippen molar-refractivity contribution in [2.24, 2.45) is 0 Å². The first-order chi connectivity index (χ1) is 8.33. The van der Waals surface area contributed by atoms with Crippen LogP contribution in [-0.4, -0.2) is 16.0 Å². The molecule has 0 amide bonds. The summed E-state index contributed by atoms with van der Waals surface area (Å²) in [6, 6.07) is 8.25. The molecule has 88 valence electrons. The molecule has 0 saturated heterocycles. The monoisotopic (exact) mass is 248 g/mol. The third-order valence-corrected chi connectivity index (χ3v) is 3.36. The van der Waals surface area contributed by atoms with Gasteiger partial charge in [0, 0.05) is 23.5 Å². The molecule has 5 nitrogen and oxygen atoms in total. The second kappa shape index (κ2) is 4.21. The van der Waals surface area contributed by atoms with Crippen LogP contribution in [0.4, 0.5) is 11.1 Å². The maximum absolute atomic E-state index is 5.60. The Morgan fingerprint density at radius 2 is 2.29 bits per heavy atom. The first kappa shape index (κ1) is 10.3. The molecule has 1 aliphatic rings. The fourth-order valence-corrected chi connectivity index (χ4v) is 2.48. The first-order valence-corrected chi connectivity index (χ1v) is 6.18. The lowest BCUT2D eigenvalue weighted by atomic mass is 10.0. The number of aromatic nitrogens is 2. The molecule has 3 rings (SSSR count). The molecule has 1 unspecified atom stereocenters. The molecule has 0 bridgehead atoms. The van der Waals surface area contributed by atoms with E-state index in [2.05, 4.69) is 20.7 Å². The van der Waals surface area contributed by atoms with E-state index in [1.807, 2.05) is 18.2 Å². The van der Waals surface area contributed by atoms with Crippen LogP contribution in [0.2, 0.25) is 0 Å². The third kappa shape index (κ3) is 2.03. The Hall–Kier alpha value is -1.82. The van der Waals surface area contributed by atoms with Crippen molar-refractivity contribution in [1.29, 1.82) is 0 Å². The average molecular weight is 248 g/mol. The fraction of sp³-hybridized carbons (Fsp3) is 0.273. The Balaban J connectivity index is 1.85. The van der Waals surface area contributed by atoms with E-state index in [-0.39, 0.29) is 6.04 Å². The van der Waals surface area contributed by atoms with Gasteiger partial charge in [0.2, 0.25) is 11.1 Å². The van der Waals surface area contributed by atoms with Crippen molar-refractivity contribution in [2.45, 2.75) is 12.5 Å². The van der Waals surface area contributed by atoms with Gasteiger partial charge >= 0.3 is 0 Å². The predicted octanol–water partition coefficient (Wildman–Crippen LogP) is 2.06. The molecule has 17 heavy (non-hydrogen) atoms. The summed E-state index contributed by atoms with van der Waals surface area (Å²) in [7, 11) is 0. The van der Waals surface area contributed by atoms with E-state index in [1.165, 1.54) is 11.5 Å². The summed E-state index contributed by atoms with van der Waals surface area (Å²) in [6.07, 6.45) is 0.913. The normalized spacial score (nSPS) is 18.2. The minimum absolute atomic E-state index is 0.215. The number of benzene rings is 1. The number of fused-ring (bicyclic) bond motifs is 1. The molecule has 1 aliphatic heterocycles. The van der Waals surface area contributed by atoms with Crippen LogP contribution in [0.15, 0.2) is 24.3 Å². The molecule has 2 heterocycles. The zero-order chi connectivity index (χ0) is 11.7. The molecule has 0 fully saturated rings. The minimum atomic E-state index is 0.215. The molecule has 0 aliphatic carbocycles. The third-order valence-electron chi connectivity index (χ3n) is 2.70. The summed E-state index contributed by atoms with van der Waals surface area (Å²) in [5.74, 6) is 1.26. The molecule has 2 aromatic rings. The lowest BCUT2D eigenvalue weighted by molar-refractivity contribution is 0.274. The van der Waals surface area contributed by atoms with Crippen LogP contribution in [0.1, 0.15) is 18.0 Å². The molecule has 0 saturated carbocycles. The van der Waals surface area contributed by atoms with Crippen molar-refractivity contribution in [3.8, 4) is 5.75 Å². The van der Waals surface area contributed by atoms with E-state index in [0.717, 1.165) is 22.9 Å². The molecule has 0 spiro atoms. The summed E-state index contributed by atoms with van der Waals surface area (Å²) < 4.78 is 9.55. The Labute approximate surface area is 103 Å². The van der Waals surface area contributed by atoms with Crippen molar-refractivity contribution < 1.29 is 4.74 Å². The maximum atomic E-state index is 5.60. The number of nitrogens with one attached hydrogen (secondary N) is 1. The Kier molecular flexibility index (Phi) is 2.56. The highest BCUT2D eigenvalue weighted by Gasteiger charge is 2.21. The zero-order valence-corrected chi connectivity index (χ0v) is 9.91. The number of anilines is 2. The van der Waals surface area contributed by atoms with Crippen LogP contribution in [0.3, 0.4) is 0 Å². The van der Waals surface area contributed by atoms with Crippen LogP contribution in [0, 0.1) is 0 Å². The lowest BCUT2D eigenvalue weighted by Gasteiger charge is -2.26. The van der Waals surface area contributed by atoms with Crippen molar-refractivity contribution in [2.75, 3.05) is 17.7 Å². The highest BCUT2D eigenvalue weighted by Crippen LogP contribution is 2.34. The number of hydrogen-bond donors (Lipinski definition) is 2. The maximum Gasteiger partial charge on any atom is 0.233 e. The van der Waals surface area contributed by atoms with Crippen molar-refractivity contribution in [3.05, 3.63) is 29.8 Å². The molecular formula is C11H12N4OS. The quantitative estimate of drug-likeness (QED) is 0.851. The summed E-state index contributed by atoms with van der Waals surface area (Å²) >= 11 is 1.28. The van der Waals surface area contributed by atoms with Gasteiger partial charge in [-0.2, -0.15) is 9.36 Å². The van der Waals surface area contributed by atoms with Crippen molar-refractivity contribution >= 4 is 22.6 Å². The van der Waals surface area contributed by atoms with Crippen molar-refractivity contribution in [1.82, 2.24) is 9.36 Å². The number of para-hydroxylation sites is 1. The predicted molar refractivity (Wildman–Crippen MR) is 67.2 cm³/mol. The summed E-state index contributed by atoms with van der Waals surface area (Å²) in [5.41, 5.74) is 6.66. The first-order valence-electron chi connectivity index (χ1n) is 5.40. The van der Waals surface area contributed by atoms with E-state index in [0.29, 0.717) is 12.6 Å². The molecule has 3 N–H and O–H groups in total. The smallest absolute Gasteiger partial charge is 0.233 e. The molecular weight excluding hydrogens is 236 g/mol. The van der Waals surface area contributed by atoms with E-state index in [4.69, 9.17) is 10.5 Å². The van der Waals surface area contributed by atoms with Crippen LogP contribution in [-0.2, 0) is 0 Å². The number of nitrogen functional groups attached to an aromatic ring is 1. The van der Waals surface area contributed by atoms with Gasteiger partial charge in [0.15, 0.2) is 0 Å². The molecule has 1 atom stereocenters. The number of nitrogens with two attached hydrogens (primary N) is 1. The molecule has 6 heteroatoms. The minimum Gasteiger partial charge on any atom is -0.493 e.